The van der Waals surface area contributed by atoms with Crippen LogP contribution in [0.15, 0.2) is 30.3 Å². The molecule has 2 heteroatoms. The molecule has 14 heavy (non-hydrogen) atoms. The fraction of sp³-hybridized carbons (Fsp3) is 0.500. The van der Waals surface area contributed by atoms with Gasteiger partial charge in [0.1, 0.15) is 0 Å². The first-order valence-electron chi connectivity index (χ1n) is 5.37. The molecule has 0 amide bonds. The Morgan fingerprint density at radius 1 is 1.29 bits per heavy atom. The van der Waals surface area contributed by atoms with Crippen LogP contribution in [-0.2, 0) is 0 Å². The second-order valence-electron chi connectivity index (χ2n) is 3.88. The first kappa shape index (κ1) is 9.69. The quantitative estimate of drug-likeness (QED) is 0.741. The molecule has 0 radical (unpaired) electrons. The fourth-order valence-corrected chi connectivity index (χ4v) is 2.21. The minimum Gasteiger partial charge on any atom is -0.315 e. The van der Waals surface area contributed by atoms with E-state index in [1.165, 1.54) is 18.4 Å². The van der Waals surface area contributed by atoms with E-state index < -0.39 is 0 Å². The molecule has 0 aliphatic carbocycles. The molecule has 1 aliphatic heterocycles. The van der Waals surface area contributed by atoms with Crippen molar-refractivity contribution in [1.29, 1.82) is 0 Å². The van der Waals surface area contributed by atoms with E-state index in [2.05, 4.69) is 41.0 Å². The molecule has 1 aromatic rings. The van der Waals surface area contributed by atoms with Crippen LogP contribution in [0.1, 0.15) is 24.4 Å². The number of rotatable bonds is 2. The van der Waals surface area contributed by atoms with Gasteiger partial charge in [-0.1, -0.05) is 30.3 Å². The molecule has 1 heterocycles. The van der Waals surface area contributed by atoms with E-state index in [-0.39, 0.29) is 0 Å². The van der Waals surface area contributed by atoms with Gasteiger partial charge in [-0.2, -0.15) is 0 Å². The zero-order chi connectivity index (χ0) is 9.80. The van der Waals surface area contributed by atoms with Crippen molar-refractivity contribution < 1.29 is 0 Å². The molecule has 76 valence electrons. The summed E-state index contributed by atoms with van der Waals surface area (Å²) in [6, 6.07) is 11.7. The molecule has 0 spiro atoms. The Hall–Kier alpha value is -0.860. The fourth-order valence-electron chi connectivity index (χ4n) is 2.21. The van der Waals surface area contributed by atoms with Crippen LogP contribution in [0.25, 0.3) is 0 Å². The summed E-state index contributed by atoms with van der Waals surface area (Å²) in [6.45, 7) is 1.14. The van der Waals surface area contributed by atoms with Crippen LogP contribution in [-0.4, -0.2) is 19.6 Å². The Kier molecular flexibility index (Phi) is 3.17. The summed E-state index contributed by atoms with van der Waals surface area (Å²) >= 11 is 0. The van der Waals surface area contributed by atoms with E-state index in [9.17, 15) is 0 Å². The van der Waals surface area contributed by atoms with Crippen molar-refractivity contribution in [2.45, 2.75) is 24.9 Å². The standard InChI is InChI=1S/C12H18N2/c1-13-11-8-5-9-14-12(11)10-6-3-2-4-7-10/h2-4,6-7,11-14H,5,8-9H2,1H3/t11-,12-/m0/s1. The van der Waals surface area contributed by atoms with E-state index >= 15 is 0 Å². The highest BCUT2D eigenvalue weighted by molar-refractivity contribution is 5.21. The van der Waals surface area contributed by atoms with Crippen LogP contribution in [0.3, 0.4) is 0 Å². The predicted octanol–water partition coefficient (Wildman–Crippen LogP) is 1.70. The second kappa shape index (κ2) is 4.58. The van der Waals surface area contributed by atoms with Gasteiger partial charge >= 0.3 is 0 Å². The number of piperidine rings is 1. The van der Waals surface area contributed by atoms with Gasteiger partial charge in [0.15, 0.2) is 0 Å². The highest BCUT2D eigenvalue weighted by Gasteiger charge is 2.23. The SMILES string of the molecule is CN[C@H]1CCCN[C@H]1c1ccccc1. The zero-order valence-electron chi connectivity index (χ0n) is 8.66. The maximum atomic E-state index is 3.57. The average Bonchev–Trinajstić information content (AvgIpc) is 2.30. The topological polar surface area (TPSA) is 24.1 Å². The lowest BCUT2D eigenvalue weighted by molar-refractivity contribution is 0.321. The van der Waals surface area contributed by atoms with Crippen molar-refractivity contribution in [3.05, 3.63) is 35.9 Å². The van der Waals surface area contributed by atoms with Gasteiger partial charge in [-0.25, -0.2) is 0 Å². The van der Waals surface area contributed by atoms with Gasteiger partial charge in [-0.05, 0) is 32.0 Å². The van der Waals surface area contributed by atoms with Gasteiger partial charge in [0, 0.05) is 12.1 Å². The molecular formula is C12H18N2. The molecule has 2 nitrogen and oxygen atoms in total. The molecule has 0 bridgehead atoms. The van der Waals surface area contributed by atoms with Crippen LogP contribution >= 0.6 is 0 Å². The summed E-state index contributed by atoms with van der Waals surface area (Å²) in [6.07, 6.45) is 2.54. The highest BCUT2D eigenvalue weighted by Crippen LogP contribution is 2.22. The summed E-state index contributed by atoms with van der Waals surface area (Å²) in [4.78, 5) is 0. The second-order valence-corrected chi connectivity index (χ2v) is 3.88. The Bertz CT molecular complexity index is 271. The third kappa shape index (κ3) is 1.97. The zero-order valence-corrected chi connectivity index (χ0v) is 8.66. The van der Waals surface area contributed by atoms with Gasteiger partial charge in [0.25, 0.3) is 0 Å². The van der Waals surface area contributed by atoms with Crippen molar-refractivity contribution in [3.8, 4) is 0 Å². The third-order valence-corrected chi connectivity index (χ3v) is 2.99. The Morgan fingerprint density at radius 2 is 2.07 bits per heavy atom. The Labute approximate surface area is 85.7 Å². The van der Waals surface area contributed by atoms with Crippen LogP contribution in [0.2, 0.25) is 0 Å². The number of benzene rings is 1. The molecule has 2 rings (SSSR count). The van der Waals surface area contributed by atoms with E-state index in [4.69, 9.17) is 0 Å². The summed E-state index contributed by atoms with van der Waals surface area (Å²) < 4.78 is 0. The van der Waals surface area contributed by atoms with Gasteiger partial charge in [-0.3, -0.25) is 0 Å². The monoisotopic (exact) mass is 190 g/mol. The molecule has 1 fully saturated rings. The number of hydrogen-bond donors (Lipinski definition) is 2. The van der Waals surface area contributed by atoms with Gasteiger partial charge < -0.3 is 10.6 Å². The maximum absolute atomic E-state index is 3.57. The smallest absolute Gasteiger partial charge is 0.0475 e. The minimum atomic E-state index is 0.481. The van der Waals surface area contributed by atoms with Crippen molar-refractivity contribution in [3.63, 3.8) is 0 Å². The Morgan fingerprint density at radius 3 is 2.79 bits per heavy atom. The van der Waals surface area contributed by atoms with E-state index in [0.717, 1.165) is 6.54 Å². The van der Waals surface area contributed by atoms with Crippen LogP contribution in [0.5, 0.6) is 0 Å². The Balaban J connectivity index is 2.15. The third-order valence-electron chi connectivity index (χ3n) is 2.99. The minimum absolute atomic E-state index is 0.481. The van der Waals surface area contributed by atoms with Crippen molar-refractivity contribution in [2.75, 3.05) is 13.6 Å². The average molecular weight is 190 g/mol. The number of nitrogens with one attached hydrogen (secondary N) is 2. The molecule has 1 aromatic carbocycles. The molecule has 0 saturated carbocycles. The summed E-state index contributed by atoms with van der Waals surface area (Å²) in [5.41, 5.74) is 1.39. The van der Waals surface area contributed by atoms with Gasteiger partial charge in [-0.15, -0.1) is 0 Å². The lowest BCUT2D eigenvalue weighted by atomic mass is 9.92. The highest BCUT2D eigenvalue weighted by atomic mass is 15.0. The molecule has 0 aromatic heterocycles. The van der Waals surface area contributed by atoms with E-state index in [1.54, 1.807) is 0 Å². The predicted molar refractivity (Wildman–Crippen MR) is 59.3 cm³/mol. The van der Waals surface area contributed by atoms with Crippen molar-refractivity contribution in [1.82, 2.24) is 10.6 Å². The summed E-state index contributed by atoms with van der Waals surface area (Å²) in [7, 11) is 2.05. The maximum Gasteiger partial charge on any atom is 0.0475 e. The van der Waals surface area contributed by atoms with Gasteiger partial charge in [0.2, 0.25) is 0 Å². The van der Waals surface area contributed by atoms with E-state index in [1.807, 2.05) is 7.05 Å². The largest absolute Gasteiger partial charge is 0.315 e. The van der Waals surface area contributed by atoms with Crippen molar-refractivity contribution >= 4 is 0 Å². The molecule has 1 aliphatic rings. The molecular weight excluding hydrogens is 172 g/mol. The normalized spacial score (nSPS) is 27.5. The number of likely N-dealkylation sites (N-methyl/N-ethyl adjacent to an activating group) is 1. The van der Waals surface area contributed by atoms with Crippen molar-refractivity contribution in [2.24, 2.45) is 0 Å². The van der Waals surface area contributed by atoms with E-state index in [0.29, 0.717) is 12.1 Å². The van der Waals surface area contributed by atoms with Crippen LogP contribution in [0, 0.1) is 0 Å². The molecule has 0 unspecified atom stereocenters. The lowest BCUT2D eigenvalue weighted by Crippen LogP contribution is -2.44. The first-order valence-corrected chi connectivity index (χ1v) is 5.37. The molecule has 2 atom stereocenters. The van der Waals surface area contributed by atoms with Crippen LogP contribution in [0.4, 0.5) is 0 Å². The lowest BCUT2D eigenvalue weighted by Gasteiger charge is -2.32. The van der Waals surface area contributed by atoms with Gasteiger partial charge in [0.05, 0.1) is 0 Å². The molecule has 1 saturated heterocycles. The summed E-state index contributed by atoms with van der Waals surface area (Å²) in [5, 5.41) is 6.96. The van der Waals surface area contributed by atoms with Crippen LogP contribution < -0.4 is 10.6 Å². The summed E-state index contributed by atoms with van der Waals surface area (Å²) in [5.74, 6) is 0. The first-order chi connectivity index (χ1) is 6.92. The number of hydrogen-bond acceptors (Lipinski definition) is 2. The molecule has 2 N–H and O–H groups in total.